The fraction of sp³-hybridized carbons (Fsp3) is 0.333. The summed E-state index contributed by atoms with van der Waals surface area (Å²) in [5.41, 5.74) is 3.64. The van der Waals surface area contributed by atoms with Gasteiger partial charge in [-0.15, -0.1) is 0 Å². The molecule has 156 valence electrons. The number of aryl methyl sites for hydroxylation is 2. The maximum Gasteiger partial charge on any atom is 0.253 e. The van der Waals surface area contributed by atoms with Crippen molar-refractivity contribution in [1.29, 1.82) is 0 Å². The van der Waals surface area contributed by atoms with Gasteiger partial charge in [-0.05, 0) is 62.7 Å². The van der Waals surface area contributed by atoms with Crippen LogP contribution in [-0.4, -0.2) is 46.4 Å². The topological polar surface area (TPSA) is 56.6 Å². The second kappa shape index (κ2) is 8.61. The molecule has 1 aliphatic heterocycles. The van der Waals surface area contributed by atoms with Gasteiger partial charge >= 0.3 is 0 Å². The van der Waals surface area contributed by atoms with E-state index in [1.165, 1.54) is 0 Å². The summed E-state index contributed by atoms with van der Waals surface area (Å²) in [4.78, 5) is 15.0. The Morgan fingerprint density at radius 3 is 2.53 bits per heavy atom. The number of aromatic nitrogens is 2. The van der Waals surface area contributed by atoms with Crippen LogP contribution in [-0.2, 0) is 0 Å². The van der Waals surface area contributed by atoms with E-state index >= 15 is 0 Å². The van der Waals surface area contributed by atoms with Crippen LogP contribution in [0, 0.1) is 13.8 Å². The Balaban J connectivity index is 1.47. The number of nitrogens with zero attached hydrogens (tertiary/aromatic N) is 3. The lowest BCUT2D eigenvalue weighted by Gasteiger charge is -2.31. The van der Waals surface area contributed by atoms with Gasteiger partial charge in [0.25, 0.3) is 5.91 Å². The largest absolute Gasteiger partial charge is 0.486 e. The molecule has 1 atom stereocenters. The second-order valence-electron chi connectivity index (χ2n) is 7.63. The Kier molecular flexibility index (Phi) is 5.74. The van der Waals surface area contributed by atoms with Crippen molar-refractivity contribution in [3.8, 4) is 17.2 Å². The summed E-state index contributed by atoms with van der Waals surface area (Å²) < 4.78 is 13.7. The van der Waals surface area contributed by atoms with Gasteiger partial charge in [0.15, 0.2) is 17.6 Å². The molecule has 2 aromatic carbocycles. The number of fused-ring (bicyclic) bond motifs is 1. The number of para-hydroxylation sites is 2. The SMILES string of the molecule is CCCN(CC1COc2ccccc2O1)C(=O)c1ccc(-n2nc(C)cc2C)cc1. The summed E-state index contributed by atoms with van der Waals surface area (Å²) in [7, 11) is 0. The van der Waals surface area contributed by atoms with E-state index in [0.29, 0.717) is 25.3 Å². The van der Waals surface area contributed by atoms with Gasteiger partial charge in [-0.25, -0.2) is 4.68 Å². The molecule has 0 aliphatic carbocycles. The minimum atomic E-state index is -0.190. The molecule has 1 unspecified atom stereocenters. The van der Waals surface area contributed by atoms with Gasteiger partial charge < -0.3 is 14.4 Å². The third-order valence-corrected chi connectivity index (χ3v) is 5.14. The van der Waals surface area contributed by atoms with Crippen LogP contribution in [0.3, 0.4) is 0 Å². The Morgan fingerprint density at radius 2 is 1.87 bits per heavy atom. The lowest BCUT2D eigenvalue weighted by molar-refractivity contribution is 0.0462. The molecule has 1 aromatic heterocycles. The molecule has 0 saturated heterocycles. The summed E-state index contributed by atoms with van der Waals surface area (Å²) in [5, 5.41) is 4.51. The molecule has 2 heterocycles. The van der Waals surface area contributed by atoms with E-state index in [1.54, 1.807) is 0 Å². The minimum Gasteiger partial charge on any atom is -0.486 e. The lowest BCUT2D eigenvalue weighted by atomic mass is 10.1. The highest BCUT2D eigenvalue weighted by molar-refractivity contribution is 5.94. The van der Waals surface area contributed by atoms with Crippen molar-refractivity contribution in [2.75, 3.05) is 19.7 Å². The number of carbonyl (C=O) groups is 1. The average Bonchev–Trinajstić information content (AvgIpc) is 3.11. The Hall–Kier alpha value is -3.28. The minimum absolute atomic E-state index is 0.000716. The predicted octanol–water partition coefficient (Wildman–Crippen LogP) is 4.18. The molecule has 6 nitrogen and oxygen atoms in total. The lowest BCUT2D eigenvalue weighted by Crippen LogP contribution is -2.44. The van der Waals surface area contributed by atoms with Gasteiger partial charge in [0.05, 0.1) is 17.9 Å². The third kappa shape index (κ3) is 4.17. The van der Waals surface area contributed by atoms with Crippen LogP contribution in [0.1, 0.15) is 35.1 Å². The summed E-state index contributed by atoms with van der Waals surface area (Å²) in [6, 6.07) is 17.3. The monoisotopic (exact) mass is 405 g/mol. The highest BCUT2D eigenvalue weighted by atomic mass is 16.6. The molecule has 6 heteroatoms. The second-order valence-corrected chi connectivity index (χ2v) is 7.63. The van der Waals surface area contributed by atoms with E-state index < -0.39 is 0 Å². The molecule has 0 saturated carbocycles. The van der Waals surface area contributed by atoms with Crippen molar-refractivity contribution in [2.24, 2.45) is 0 Å². The van der Waals surface area contributed by atoms with Gasteiger partial charge in [0.2, 0.25) is 0 Å². The number of hydrogen-bond donors (Lipinski definition) is 0. The number of ether oxygens (including phenoxy) is 2. The number of amides is 1. The zero-order chi connectivity index (χ0) is 21.1. The van der Waals surface area contributed by atoms with Gasteiger partial charge in [-0.2, -0.15) is 5.10 Å². The molecule has 30 heavy (non-hydrogen) atoms. The number of rotatable bonds is 6. The van der Waals surface area contributed by atoms with E-state index in [2.05, 4.69) is 12.0 Å². The summed E-state index contributed by atoms with van der Waals surface area (Å²) >= 11 is 0. The molecule has 1 aliphatic rings. The van der Waals surface area contributed by atoms with E-state index in [0.717, 1.165) is 35.0 Å². The van der Waals surface area contributed by atoms with E-state index in [4.69, 9.17) is 9.47 Å². The molecule has 0 N–H and O–H groups in total. The van der Waals surface area contributed by atoms with Gasteiger partial charge in [-0.3, -0.25) is 4.79 Å². The summed E-state index contributed by atoms with van der Waals surface area (Å²) in [5.74, 6) is 1.48. The highest BCUT2D eigenvalue weighted by Crippen LogP contribution is 2.31. The zero-order valence-electron chi connectivity index (χ0n) is 17.7. The van der Waals surface area contributed by atoms with Gasteiger partial charge in [0.1, 0.15) is 6.61 Å². The smallest absolute Gasteiger partial charge is 0.253 e. The first-order valence-electron chi connectivity index (χ1n) is 10.4. The summed E-state index contributed by atoms with van der Waals surface area (Å²) in [6.07, 6.45) is 0.684. The van der Waals surface area contributed by atoms with Crippen LogP contribution in [0.5, 0.6) is 11.5 Å². The summed E-state index contributed by atoms with van der Waals surface area (Å²) in [6.45, 7) is 7.65. The predicted molar refractivity (Wildman–Crippen MR) is 116 cm³/mol. The number of hydrogen-bond acceptors (Lipinski definition) is 4. The van der Waals surface area contributed by atoms with Crippen molar-refractivity contribution >= 4 is 5.91 Å². The first-order chi connectivity index (χ1) is 14.5. The maximum atomic E-state index is 13.2. The molecule has 3 aromatic rings. The van der Waals surface area contributed by atoms with Crippen molar-refractivity contribution in [2.45, 2.75) is 33.3 Å². The van der Waals surface area contributed by atoms with Crippen molar-refractivity contribution < 1.29 is 14.3 Å². The van der Waals surface area contributed by atoms with Crippen molar-refractivity contribution in [3.63, 3.8) is 0 Å². The Labute approximate surface area is 177 Å². The van der Waals surface area contributed by atoms with Crippen LogP contribution in [0.15, 0.2) is 54.6 Å². The quantitative estimate of drug-likeness (QED) is 0.617. The molecule has 0 bridgehead atoms. The van der Waals surface area contributed by atoms with Crippen LogP contribution in [0.2, 0.25) is 0 Å². The maximum absolute atomic E-state index is 13.2. The molecule has 0 spiro atoms. The first-order valence-corrected chi connectivity index (χ1v) is 10.4. The molecular weight excluding hydrogens is 378 g/mol. The van der Waals surface area contributed by atoms with Gasteiger partial charge in [0, 0.05) is 17.8 Å². The molecule has 0 radical (unpaired) electrons. The molecule has 4 rings (SSSR count). The van der Waals surface area contributed by atoms with Crippen LogP contribution in [0.25, 0.3) is 5.69 Å². The molecule has 0 fully saturated rings. The fourth-order valence-corrected chi connectivity index (χ4v) is 3.76. The zero-order valence-corrected chi connectivity index (χ0v) is 17.7. The first kappa shape index (κ1) is 20.0. The van der Waals surface area contributed by atoms with E-state index in [9.17, 15) is 4.79 Å². The number of benzene rings is 2. The average molecular weight is 405 g/mol. The number of carbonyl (C=O) groups excluding carboxylic acids is 1. The molecular formula is C24H27N3O3. The fourth-order valence-electron chi connectivity index (χ4n) is 3.76. The Bertz CT molecular complexity index is 1030. The standard InChI is InChI=1S/C24H27N3O3/c1-4-13-26(15-21-16-29-22-7-5-6-8-23(22)30-21)24(28)19-9-11-20(12-10-19)27-18(3)14-17(2)25-27/h5-12,14,21H,4,13,15-16H2,1-3H3. The Morgan fingerprint density at radius 1 is 1.13 bits per heavy atom. The van der Waals surface area contributed by atoms with Crippen molar-refractivity contribution in [3.05, 3.63) is 71.5 Å². The van der Waals surface area contributed by atoms with Crippen LogP contribution >= 0.6 is 0 Å². The van der Waals surface area contributed by atoms with Crippen LogP contribution < -0.4 is 9.47 Å². The van der Waals surface area contributed by atoms with E-state index in [-0.39, 0.29) is 12.0 Å². The molecule has 1 amide bonds. The van der Waals surface area contributed by atoms with Crippen LogP contribution in [0.4, 0.5) is 0 Å². The highest BCUT2D eigenvalue weighted by Gasteiger charge is 2.25. The normalized spacial score (nSPS) is 15.1. The third-order valence-electron chi connectivity index (χ3n) is 5.14. The van der Waals surface area contributed by atoms with E-state index in [1.807, 2.05) is 78.0 Å². The van der Waals surface area contributed by atoms with Gasteiger partial charge in [-0.1, -0.05) is 19.1 Å². The van der Waals surface area contributed by atoms with Crippen molar-refractivity contribution in [1.82, 2.24) is 14.7 Å².